The summed E-state index contributed by atoms with van der Waals surface area (Å²) in [5, 5.41) is 10.5. The molecule has 0 saturated heterocycles. The first-order chi connectivity index (χ1) is 7.13. The Hall–Kier alpha value is -0.510. The van der Waals surface area contributed by atoms with Gasteiger partial charge in [-0.3, -0.25) is 0 Å². The molecule has 0 fully saturated rings. The molecule has 0 bridgehead atoms. The second-order valence-electron chi connectivity index (χ2n) is 3.70. The van der Waals surface area contributed by atoms with Crippen molar-refractivity contribution in [3.8, 4) is 0 Å². The zero-order valence-electron chi connectivity index (χ0n) is 9.60. The van der Waals surface area contributed by atoms with Crippen molar-refractivity contribution >= 4 is 11.8 Å². The van der Waals surface area contributed by atoms with Crippen LogP contribution in [-0.2, 0) is 6.42 Å². The van der Waals surface area contributed by atoms with Gasteiger partial charge in [-0.2, -0.15) is 5.06 Å². The fraction of sp³-hybridized carbons (Fsp3) is 0.500. The van der Waals surface area contributed by atoms with Crippen LogP contribution in [0.2, 0.25) is 0 Å². The van der Waals surface area contributed by atoms with Crippen LogP contribution >= 0.6 is 11.8 Å². The van der Waals surface area contributed by atoms with Crippen molar-refractivity contribution in [3.05, 3.63) is 29.8 Å². The van der Waals surface area contributed by atoms with Gasteiger partial charge >= 0.3 is 0 Å². The Balaban J connectivity index is 2.56. The van der Waals surface area contributed by atoms with E-state index in [1.54, 1.807) is 7.05 Å². The molecule has 0 aliphatic heterocycles. The number of likely N-dealkylation sites (N-methyl/N-ethyl adjacent to an activating group) is 1. The molecule has 0 aromatic heterocycles. The summed E-state index contributed by atoms with van der Waals surface area (Å²) in [6.07, 6.45) is 0.879. The zero-order valence-corrected chi connectivity index (χ0v) is 10.4. The molecule has 1 aromatic rings. The van der Waals surface area contributed by atoms with E-state index in [4.69, 9.17) is 0 Å². The van der Waals surface area contributed by atoms with Crippen molar-refractivity contribution in [2.45, 2.75) is 31.2 Å². The molecule has 3 heteroatoms. The van der Waals surface area contributed by atoms with Gasteiger partial charge in [-0.05, 0) is 36.8 Å². The highest BCUT2D eigenvalue weighted by Gasteiger charge is 2.06. The Bertz CT molecular complexity index is 284. The number of benzene rings is 1. The Morgan fingerprint density at radius 2 is 1.93 bits per heavy atom. The summed E-state index contributed by atoms with van der Waals surface area (Å²) in [7, 11) is 1.69. The van der Waals surface area contributed by atoms with Gasteiger partial charge in [0.05, 0.1) is 0 Å². The maximum absolute atomic E-state index is 9.25. The van der Waals surface area contributed by atoms with Crippen molar-refractivity contribution in [1.82, 2.24) is 5.06 Å². The molecule has 1 aromatic carbocycles. The number of thioether (sulfide) groups is 1. The van der Waals surface area contributed by atoms with E-state index in [0.29, 0.717) is 0 Å². The minimum atomic E-state index is 0.162. The summed E-state index contributed by atoms with van der Waals surface area (Å²) >= 11 is 1.85. The molecule has 0 amide bonds. The molecule has 0 spiro atoms. The largest absolute Gasteiger partial charge is 0.314 e. The van der Waals surface area contributed by atoms with E-state index in [1.165, 1.54) is 15.5 Å². The first kappa shape index (κ1) is 12.6. The Morgan fingerprint density at radius 1 is 1.33 bits per heavy atom. The van der Waals surface area contributed by atoms with E-state index in [1.807, 2.05) is 18.7 Å². The van der Waals surface area contributed by atoms with Crippen LogP contribution in [0.15, 0.2) is 29.2 Å². The van der Waals surface area contributed by atoms with E-state index in [0.717, 1.165) is 12.2 Å². The lowest BCUT2D eigenvalue weighted by atomic mass is 10.1. The second kappa shape index (κ2) is 6.16. The number of hydrogen-bond acceptors (Lipinski definition) is 3. The number of hydrogen-bond donors (Lipinski definition) is 1. The topological polar surface area (TPSA) is 23.5 Å². The van der Waals surface area contributed by atoms with Gasteiger partial charge in [0.1, 0.15) is 0 Å². The standard InChI is InChI=1S/C12H19NOS/c1-4-15-12-7-5-11(6-8-12)9-10(2)13(3)14/h5-8,10,14H,4,9H2,1-3H3. The van der Waals surface area contributed by atoms with Crippen molar-refractivity contribution in [2.24, 2.45) is 0 Å². The van der Waals surface area contributed by atoms with Gasteiger partial charge < -0.3 is 5.21 Å². The molecule has 0 saturated carbocycles. The summed E-state index contributed by atoms with van der Waals surface area (Å²) in [6.45, 7) is 4.16. The van der Waals surface area contributed by atoms with Gasteiger partial charge in [0, 0.05) is 18.0 Å². The summed E-state index contributed by atoms with van der Waals surface area (Å²) < 4.78 is 0. The average Bonchev–Trinajstić information content (AvgIpc) is 2.21. The van der Waals surface area contributed by atoms with Crippen LogP contribution < -0.4 is 0 Å². The van der Waals surface area contributed by atoms with Gasteiger partial charge in [-0.25, -0.2) is 0 Å². The van der Waals surface area contributed by atoms with Crippen LogP contribution in [0.5, 0.6) is 0 Å². The maximum Gasteiger partial charge on any atom is 0.0359 e. The molecule has 84 valence electrons. The van der Waals surface area contributed by atoms with E-state index in [2.05, 4.69) is 31.2 Å². The smallest absolute Gasteiger partial charge is 0.0359 e. The van der Waals surface area contributed by atoms with Crippen LogP contribution in [0, 0.1) is 0 Å². The molecule has 1 unspecified atom stereocenters. The number of nitrogens with zero attached hydrogens (tertiary/aromatic N) is 1. The van der Waals surface area contributed by atoms with Crippen LogP contribution in [0.3, 0.4) is 0 Å². The molecule has 2 nitrogen and oxygen atoms in total. The average molecular weight is 225 g/mol. The number of rotatable bonds is 5. The van der Waals surface area contributed by atoms with E-state index >= 15 is 0 Å². The molecular weight excluding hydrogens is 206 g/mol. The summed E-state index contributed by atoms with van der Waals surface area (Å²) in [4.78, 5) is 1.31. The maximum atomic E-state index is 9.25. The molecule has 0 radical (unpaired) electrons. The Morgan fingerprint density at radius 3 is 2.40 bits per heavy atom. The highest BCUT2D eigenvalue weighted by molar-refractivity contribution is 7.99. The minimum absolute atomic E-state index is 0.162. The lowest BCUT2D eigenvalue weighted by Gasteiger charge is -2.17. The van der Waals surface area contributed by atoms with E-state index < -0.39 is 0 Å². The van der Waals surface area contributed by atoms with E-state index in [9.17, 15) is 5.21 Å². The summed E-state index contributed by atoms with van der Waals surface area (Å²) in [6, 6.07) is 8.73. The lowest BCUT2D eigenvalue weighted by molar-refractivity contribution is -0.0963. The molecule has 1 atom stereocenters. The third-order valence-electron chi connectivity index (χ3n) is 2.40. The van der Waals surface area contributed by atoms with Crippen LogP contribution in [0.1, 0.15) is 19.4 Å². The minimum Gasteiger partial charge on any atom is -0.314 e. The summed E-state index contributed by atoms with van der Waals surface area (Å²) in [5.74, 6) is 1.11. The summed E-state index contributed by atoms with van der Waals surface area (Å²) in [5.41, 5.74) is 1.27. The Labute approximate surface area is 96.3 Å². The molecular formula is C12H19NOS. The van der Waals surface area contributed by atoms with E-state index in [-0.39, 0.29) is 6.04 Å². The van der Waals surface area contributed by atoms with Crippen molar-refractivity contribution in [3.63, 3.8) is 0 Å². The molecule has 0 aliphatic rings. The van der Waals surface area contributed by atoms with Gasteiger partial charge in [0.15, 0.2) is 0 Å². The molecule has 15 heavy (non-hydrogen) atoms. The normalized spacial score (nSPS) is 13.1. The predicted molar refractivity (Wildman–Crippen MR) is 65.6 cm³/mol. The van der Waals surface area contributed by atoms with Crippen LogP contribution in [0.25, 0.3) is 0 Å². The van der Waals surface area contributed by atoms with Gasteiger partial charge in [-0.1, -0.05) is 19.1 Å². The van der Waals surface area contributed by atoms with Crippen LogP contribution in [0.4, 0.5) is 0 Å². The first-order valence-electron chi connectivity index (χ1n) is 5.27. The van der Waals surface area contributed by atoms with Crippen molar-refractivity contribution in [1.29, 1.82) is 0 Å². The van der Waals surface area contributed by atoms with Crippen molar-refractivity contribution < 1.29 is 5.21 Å². The SMILES string of the molecule is CCSc1ccc(CC(C)N(C)O)cc1. The van der Waals surface area contributed by atoms with Gasteiger partial charge in [0.25, 0.3) is 0 Å². The highest BCUT2D eigenvalue weighted by atomic mass is 32.2. The fourth-order valence-electron chi connectivity index (χ4n) is 1.36. The lowest BCUT2D eigenvalue weighted by Crippen LogP contribution is -2.27. The second-order valence-corrected chi connectivity index (χ2v) is 5.04. The van der Waals surface area contributed by atoms with Crippen LogP contribution in [-0.4, -0.2) is 29.1 Å². The molecule has 1 N–H and O–H groups in total. The third kappa shape index (κ3) is 4.24. The Kier molecular flexibility index (Phi) is 5.15. The quantitative estimate of drug-likeness (QED) is 0.615. The highest BCUT2D eigenvalue weighted by Crippen LogP contribution is 2.18. The molecule has 1 rings (SSSR count). The molecule has 0 heterocycles. The fourth-order valence-corrected chi connectivity index (χ4v) is 2.02. The zero-order chi connectivity index (χ0) is 11.3. The van der Waals surface area contributed by atoms with Gasteiger partial charge in [0.2, 0.25) is 0 Å². The third-order valence-corrected chi connectivity index (χ3v) is 3.30. The first-order valence-corrected chi connectivity index (χ1v) is 6.25. The van der Waals surface area contributed by atoms with Crippen molar-refractivity contribution in [2.75, 3.05) is 12.8 Å². The molecule has 0 aliphatic carbocycles. The number of hydroxylamine groups is 2. The monoisotopic (exact) mass is 225 g/mol. The predicted octanol–water partition coefficient (Wildman–Crippen LogP) is 3.05. The van der Waals surface area contributed by atoms with Gasteiger partial charge in [-0.15, -0.1) is 11.8 Å².